The third-order valence-electron chi connectivity index (χ3n) is 20.9. The molecule has 0 spiro atoms. The number of hydrogen-bond donors (Lipinski definition) is 0. The Morgan fingerprint density at radius 2 is 0.473 bits per heavy atom. The largest absolute Gasteiger partial charge is 0.456 e. The van der Waals surface area contributed by atoms with E-state index >= 15 is 0 Å². The van der Waals surface area contributed by atoms with E-state index in [-0.39, 0.29) is 0 Å². The zero-order valence-electron chi connectivity index (χ0n) is 59.7. The van der Waals surface area contributed by atoms with E-state index < -0.39 is 0 Å². The average molecular weight is 1460 g/mol. The van der Waals surface area contributed by atoms with E-state index in [0.29, 0.717) is 0 Å². The lowest BCUT2D eigenvalue weighted by molar-refractivity contribution is 0.669. The zero-order chi connectivity index (χ0) is 72.9. The monoisotopic (exact) mass is 1460 g/mol. The van der Waals surface area contributed by atoms with Crippen molar-refractivity contribution in [2.75, 3.05) is 19.6 Å². The van der Waals surface area contributed by atoms with E-state index in [2.05, 4.69) is 420 Å². The first-order chi connectivity index (χ1) is 54.5. The van der Waals surface area contributed by atoms with Crippen LogP contribution in [-0.2, 0) is 0 Å². The summed E-state index contributed by atoms with van der Waals surface area (Å²) in [5.74, 6) is 0. The van der Waals surface area contributed by atoms with Crippen LogP contribution in [0, 0.1) is 0 Å². The van der Waals surface area contributed by atoms with Crippen LogP contribution < -0.4 is 19.6 Å². The fourth-order valence-corrected chi connectivity index (χ4v) is 19.3. The first kappa shape index (κ1) is 65.9. The van der Waals surface area contributed by atoms with Gasteiger partial charge in [0.25, 0.3) is 0 Å². The molecule has 8 heteroatoms. The van der Waals surface area contributed by atoms with Crippen LogP contribution in [0.25, 0.3) is 116 Å². The van der Waals surface area contributed by atoms with E-state index in [1.165, 1.54) is 99.6 Å². The Hall–Kier alpha value is -13.6. The van der Waals surface area contributed by atoms with Gasteiger partial charge in [-0.2, -0.15) is 0 Å². The van der Waals surface area contributed by atoms with Gasteiger partial charge in [0, 0.05) is 119 Å². The molecule has 0 aliphatic heterocycles. The van der Waals surface area contributed by atoms with Crippen LogP contribution in [0.5, 0.6) is 0 Å². The van der Waals surface area contributed by atoms with E-state index in [1.807, 2.05) is 46.1 Å². The molecule has 4 heterocycles. The summed E-state index contributed by atoms with van der Waals surface area (Å²) in [5, 5.41) is 9.85. The molecule has 5 nitrogen and oxygen atoms in total. The van der Waals surface area contributed by atoms with Gasteiger partial charge in [-0.05, 0) is 185 Å². The lowest BCUT2D eigenvalue weighted by atomic mass is 10.0. The molecule has 0 bridgehead atoms. The maximum absolute atomic E-state index is 6.29. The first-order valence-corrected chi connectivity index (χ1v) is 39.5. The molecule has 520 valence electrons. The van der Waals surface area contributed by atoms with Gasteiger partial charge in [-0.1, -0.05) is 261 Å². The molecule has 4 aromatic heterocycles. The van der Waals surface area contributed by atoms with Gasteiger partial charge in [0.05, 0.1) is 20.8 Å². The number of hydrogen-bond acceptors (Lipinski definition) is 8. The fourth-order valence-electron chi connectivity index (χ4n) is 15.7. The highest BCUT2D eigenvalue weighted by Crippen LogP contribution is 2.51. The fraction of sp³-hybridized carbons (Fsp3) is 0. The molecule has 0 aliphatic rings. The van der Waals surface area contributed by atoms with Gasteiger partial charge in [-0.3, -0.25) is 0 Å². The normalized spacial score (nSPS) is 11.5. The SMILES string of the molecule is c1ccc(-c2ccc(N(c3ccc4c(c3)sc3ccccc34)c3cccc4c3sc3cc(N(c5ccccc5)c5ccccc5)ccc34)cc2)cc1.c1ccc(-c2ccc(N(c3ccccc3)c3ccc4c(c3)sc3c(N(c5cccc(-c6ccccc6)c5)c5ccc6oc7ccccc7c6c5)cccc34)cc2)cc1. The minimum absolute atomic E-state index is 0.883. The van der Waals surface area contributed by atoms with Gasteiger partial charge in [0.2, 0.25) is 0 Å². The Morgan fingerprint density at radius 1 is 0.164 bits per heavy atom. The van der Waals surface area contributed by atoms with Gasteiger partial charge in [0.1, 0.15) is 11.2 Å². The Morgan fingerprint density at radius 3 is 0.991 bits per heavy atom. The molecule has 0 unspecified atom stereocenters. The summed E-state index contributed by atoms with van der Waals surface area (Å²) >= 11 is 5.58. The Bertz CT molecular complexity index is 6860. The minimum atomic E-state index is 0.883. The van der Waals surface area contributed by atoms with E-state index in [0.717, 1.165) is 84.5 Å². The Balaban J connectivity index is 0.000000145. The molecule has 0 saturated carbocycles. The van der Waals surface area contributed by atoms with Crippen LogP contribution in [0.2, 0.25) is 0 Å². The second-order valence-corrected chi connectivity index (χ2v) is 30.7. The van der Waals surface area contributed by atoms with Crippen LogP contribution in [0.1, 0.15) is 0 Å². The molecule has 17 aromatic carbocycles. The quantitative estimate of drug-likeness (QED) is 0.102. The summed E-state index contributed by atoms with van der Waals surface area (Å²) in [6, 6.07) is 148. The maximum atomic E-state index is 6.29. The van der Waals surface area contributed by atoms with Gasteiger partial charge in [-0.15, -0.1) is 34.0 Å². The second-order valence-electron chi connectivity index (χ2n) is 27.5. The number of benzene rings is 17. The number of nitrogens with zero attached hydrogens (tertiary/aromatic N) is 4. The molecule has 0 N–H and O–H groups in total. The van der Waals surface area contributed by atoms with Crippen molar-refractivity contribution in [3.05, 3.63) is 413 Å². The topological polar surface area (TPSA) is 26.1 Å². The molecule has 0 fully saturated rings. The molecule has 0 radical (unpaired) electrons. The summed E-state index contributed by atoms with van der Waals surface area (Å²) in [7, 11) is 0. The molecule has 110 heavy (non-hydrogen) atoms. The van der Waals surface area contributed by atoms with Crippen LogP contribution >= 0.6 is 34.0 Å². The summed E-state index contributed by atoms with van der Waals surface area (Å²) in [6.45, 7) is 0. The third kappa shape index (κ3) is 12.3. The first-order valence-electron chi connectivity index (χ1n) is 37.1. The number of thiophene rings is 3. The van der Waals surface area contributed by atoms with Crippen molar-refractivity contribution in [3.63, 3.8) is 0 Å². The lowest BCUT2D eigenvalue weighted by Crippen LogP contribution is -2.10. The molecular formula is C102H68N4OS3. The summed E-state index contributed by atoms with van der Waals surface area (Å²) in [5.41, 5.74) is 22.5. The highest BCUT2D eigenvalue weighted by atomic mass is 32.1. The van der Waals surface area contributed by atoms with Gasteiger partial charge >= 0.3 is 0 Å². The molecular weight excluding hydrogens is 1390 g/mol. The number of anilines is 12. The summed E-state index contributed by atoms with van der Waals surface area (Å²) in [6.07, 6.45) is 0. The van der Waals surface area contributed by atoms with E-state index in [9.17, 15) is 0 Å². The van der Waals surface area contributed by atoms with Crippen molar-refractivity contribution < 1.29 is 4.42 Å². The third-order valence-corrected chi connectivity index (χ3v) is 24.4. The smallest absolute Gasteiger partial charge is 0.135 e. The summed E-state index contributed by atoms with van der Waals surface area (Å²) < 4.78 is 13.9. The molecule has 0 saturated heterocycles. The van der Waals surface area contributed by atoms with Crippen molar-refractivity contribution >= 4 is 185 Å². The zero-order valence-corrected chi connectivity index (χ0v) is 62.1. The number of fused-ring (bicyclic) bond motifs is 12. The van der Waals surface area contributed by atoms with Crippen LogP contribution in [0.3, 0.4) is 0 Å². The number of furan rings is 1. The van der Waals surface area contributed by atoms with Crippen LogP contribution in [-0.4, -0.2) is 0 Å². The van der Waals surface area contributed by atoms with Crippen molar-refractivity contribution in [2.24, 2.45) is 0 Å². The predicted octanol–water partition coefficient (Wildman–Crippen LogP) is 31.3. The van der Waals surface area contributed by atoms with Crippen LogP contribution in [0.4, 0.5) is 68.2 Å². The Kier molecular flexibility index (Phi) is 17.1. The Labute approximate surface area is 649 Å². The highest BCUT2D eigenvalue weighted by Gasteiger charge is 2.25. The van der Waals surface area contributed by atoms with E-state index in [4.69, 9.17) is 4.42 Å². The molecule has 0 aliphatic carbocycles. The average Bonchev–Trinajstić information content (AvgIpc) is 1.23. The van der Waals surface area contributed by atoms with Crippen molar-refractivity contribution in [1.82, 2.24) is 0 Å². The molecule has 0 atom stereocenters. The van der Waals surface area contributed by atoms with Crippen molar-refractivity contribution in [3.8, 4) is 33.4 Å². The highest BCUT2D eigenvalue weighted by molar-refractivity contribution is 7.27. The standard InChI is InChI=1S/C54H36N2OS.C48H32N2S2/c1-4-14-37(15-5-1)39-26-28-42(29-27-39)55(41-19-8-3-9-20-41)45-30-32-47-48-23-13-24-50(54(48)58-53(47)36-45)56(43-21-12-18-40(34-43)38-16-6-2-7-17-38)44-31-33-52-49(35-44)46-22-10-11-25-51(46)57-52;1-4-13-33(14-5-1)34-23-25-37(26-24-34)50(39-28-29-41-40-19-10-11-22-45(40)51-46(41)32-39)44-21-12-20-43-42-30-27-38(31-47(42)52-48(43)44)49(35-15-6-2-7-16-35)36-17-8-3-9-18-36/h1-36H;1-32H. The number of para-hydroxylation sites is 4. The van der Waals surface area contributed by atoms with Gasteiger partial charge in [0.15, 0.2) is 0 Å². The predicted molar refractivity (Wildman–Crippen MR) is 474 cm³/mol. The molecule has 21 aromatic rings. The van der Waals surface area contributed by atoms with Crippen molar-refractivity contribution in [1.29, 1.82) is 0 Å². The summed E-state index contributed by atoms with van der Waals surface area (Å²) in [4.78, 5) is 9.55. The van der Waals surface area contributed by atoms with Gasteiger partial charge in [-0.25, -0.2) is 0 Å². The van der Waals surface area contributed by atoms with Crippen molar-refractivity contribution in [2.45, 2.75) is 0 Å². The minimum Gasteiger partial charge on any atom is -0.456 e. The second kappa shape index (κ2) is 28.6. The molecule has 21 rings (SSSR count). The van der Waals surface area contributed by atoms with Crippen LogP contribution in [0.15, 0.2) is 417 Å². The van der Waals surface area contributed by atoms with E-state index in [1.54, 1.807) is 0 Å². The number of rotatable bonds is 15. The lowest BCUT2D eigenvalue weighted by Gasteiger charge is -2.26. The molecule has 0 amide bonds. The maximum Gasteiger partial charge on any atom is 0.135 e. The van der Waals surface area contributed by atoms with Gasteiger partial charge < -0.3 is 24.0 Å².